The van der Waals surface area contributed by atoms with Gasteiger partial charge in [-0.05, 0) is 285 Å². The smallest absolute Gasteiger partial charge is 0.229 e. The number of piperidine rings is 3. The van der Waals surface area contributed by atoms with Crippen LogP contribution >= 0.6 is 0 Å². The standard InChI is InChI=1S/3C30H35F2N7/c3*1-5-24(38-12-10-30(8-9-30)11-13-38)20-6-7-26(33-16-20)36-29-34-17-23(32)27(37-29)21-14-22(31)28-25(15-21)39(18(2)3)19(4)35-28/h3*6-7,14-18,24H,5,8-13H2,1-4H3,(H,33,34,36,37)/t2*24-;/m10./s1. The summed E-state index contributed by atoms with van der Waals surface area (Å²) in [5.74, 6) is 0.959. The number of imidazole rings is 3. The third-order valence-electron chi connectivity index (χ3n) is 25.5. The van der Waals surface area contributed by atoms with Crippen molar-refractivity contribution in [1.29, 1.82) is 0 Å². The zero-order valence-corrected chi connectivity index (χ0v) is 69.0. The van der Waals surface area contributed by atoms with Crippen LogP contribution < -0.4 is 16.0 Å². The van der Waals surface area contributed by atoms with Crippen LogP contribution in [0.1, 0.15) is 229 Å². The Hall–Kier alpha value is -10.4. The number of hydrogen-bond acceptors (Lipinski definition) is 18. The van der Waals surface area contributed by atoms with E-state index >= 15 is 13.2 Å². The van der Waals surface area contributed by atoms with Gasteiger partial charge in [0.1, 0.15) is 68.6 Å². The van der Waals surface area contributed by atoms with Gasteiger partial charge in [0, 0.05) is 71.5 Å². The van der Waals surface area contributed by atoms with Crippen LogP contribution in [0, 0.1) is 71.9 Å². The van der Waals surface area contributed by atoms with Crippen molar-refractivity contribution in [3.05, 3.63) is 179 Å². The van der Waals surface area contributed by atoms with E-state index in [1.54, 1.807) is 18.2 Å². The number of likely N-dealkylation sites (tertiary alicyclic amines) is 3. The Bertz CT molecular complexity index is 5040. The number of halogens is 6. The highest BCUT2D eigenvalue weighted by molar-refractivity contribution is 5.85. The fourth-order valence-corrected chi connectivity index (χ4v) is 18.5. The van der Waals surface area contributed by atoms with Crippen LogP contribution in [0.5, 0.6) is 0 Å². The molecular weight excluding hydrogens is 1490 g/mol. The molecule has 3 aromatic carbocycles. The summed E-state index contributed by atoms with van der Waals surface area (Å²) >= 11 is 0. The first-order chi connectivity index (χ1) is 56.3. The first-order valence-corrected chi connectivity index (χ1v) is 41.8. The Kier molecular flexibility index (Phi) is 22.6. The van der Waals surface area contributed by atoms with E-state index in [9.17, 15) is 13.2 Å². The van der Waals surface area contributed by atoms with Gasteiger partial charge in [0.25, 0.3) is 0 Å². The number of pyridine rings is 3. The van der Waals surface area contributed by atoms with E-state index in [1.807, 2.05) is 113 Å². The summed E-state index contributed by atoms with van der Waals surface area (Å²) in [5, 5.41) is 9.25. The average Bonchev–Trinajstić information content (AvgIpc) is 1.48. The highest BCUT2D eigenvalue weighted by Crippen LogP contribution is 2.57. The van der Waals surface area contributed by atoms with Gasteiger partial charge in [-0.2, -0.15) is 0 Å². The molecule has 3 saturated heterocycles. The first kappa shape index (κ1) is 80.4. The van der Waals surface area contributed by atoms with Gasteiger partial charge in [-0.1, -0.05) is 39.0 Å². The van der Waals surface area contributed by atoms with E-state index < -0.39 is 34.9 Å². The lowest BCUT2D eigenvalue weighted by atomic mass is 9.91. The van der Waals surface area contributed by atoms with Crippen LogP contribution in [0.25, 0.3) is 66.9 Å². The first-order valence-electron chi connectivity index (χ1n) is 41.8. The highest BCUT2D eigenvalue weighted by Gasteiger charge is 2.47. The molecule has 3 aliphatic carbocycles. The van der Waals surface area contributed by atoms with Gasteiger partial charge in [-0.3, -0.25) is 14.7 Å². The number of rotatable bonds is 21. The van der Waals surface area contributed by atoms with E-state index in [0.29, 0.717) is 103 Å². The molecule has 117 heavy (non-hydrogen) atoms. The van der Waals surface area contributed by atoms with Crippen LogP contribution in [-0.2, 0) is 0 Å². The van der Waals surface area contributed by atoms with Crippen molar-refractivity contribution in [2.24, 2.45) is 16.2 Å². The second-order valence-corrected chi connectivity index (χ2v) is 34.2. The second kappa shape index (κ2) is 32.8. The monoisotopic (exact) mass is 1590 g/mol. The van der Waals surface area contributed by atoms with E-state index in [4.69, 9.17) is 0 Å². The highest BCUT2D eigenvalue weighted by atomic mass is 19.1. The van der Waals surface area contributed by atoms with Crippen molar-refractivity contribution in [2.75, 3.05) is 55.2 Å². The minimum atomic E-state index is -0.629. The fourth-order valence-electron chi connectivity index (χ4n) is 18.5. The van der Waals surface area contributed by atoms with Crippen LogP contribution in [0.2, 0.25) is 0 Å². The summed E-state index contributed by atoms with van der Waals surface area (Å²) in [6, 6.07) is 22.3. The van der Waals surface area contributed by atoms with E-state index in [2.05, 4.69) is 129 Å². The summed E-state index contributed by atoms with van der Waals surface area (Å²) in [6.07, 6.45) is 28.3. The molecule has 6 aliphatic rings. The Labute approximate surface area is 679 Å². The van der Waals surface area contributed by atoms with Crippen molar-refractivity contribution >= 4 is 68.4 Å². The van der Waals surface area contributed by atoms with Gasteiger partial charge in [-0.15, -0.1) is 0 Å². The quantitative estimate of drug-likeness (QED) is 0.0570. The van der Waals surface area contributed by atoms with Gasteiger partial charge >= 0.3 is 0 Å². The molecule has 612 valence electrons. The van der Waals surface area contributed by atoms with Gasteiger partial charge in [-0.25, -0.2) is 86.2 Å². The lowest BCUT2D eigenvalue weighted by Crippen LogP contribution is -2.37. The molecule has 21 nitrogen and oxygen atoms in total. The summed E-state index contributed by atoms with van der Waals surface area (Å²) in [7, 11) is 0. The predicted octanol–water partition coefficient (Wildman–Crippen LogP) is 21.4. The molecule has 12 aromatic rings. The van der Waals surface area contributed by atoms with E-state index in [1.165, 1.54) is 112 Å². The number of aryl methyl sites for hydroxylation is 3. The molecule has 6 fully saturated rings. The molecule has 27 heteroatoms. The minimum Gasteiger partial charge on any atom is -0.326 e. The molecule has 3 saturated carbocycles. The molecule has 18 rings (SSSR count). The Morgan fingerprint density at radius 3 is 0.795 bits per heavy atom. The van der Waals surface area contributed by atoms with Crippen molar-refractivity contribution in [3.8, 4) is 33.8 Å². The molecule has 3 N–H and O–H groups in total. The lowest BCUT2D eigenvalue weighted by Gasteiger charge is -2.37. The molecule has 0 bridgehead atoms. The van der Waals surface area contributed by atoms with Gasteiger partial charge in [0.2, 0.25) is 17.8 Å². The maximum Gasteiger partial charge on any atom is 0.229 e. The topological polar surface area (TPSA) is 215 Å². The number of aromatic nitrogens is 15. The van der Waals surface area contributed by atoms with E-state index in [-0.39, 0.29) is 69.6 Å². The molecular formula is C90H105F6N21. The van der Waals surface area contributed by atoms with Crippen molar-refractivity contribution in [3.63, 3.8) is 0 Å². The maximum absolute atomic E-state index is 15.0. The van der Waals surface area contributed by atoms with Crippen molar-refractivity contribution in [1.82, 2.24) is 88.2 Å². The molecule has 3 atom stereocenters. The Morgan fingerprint density at radius 2 is 0.581 bits per heavy atom. The number of nitrogens with zero attached hydrogens (tertiary/aromatic N) is 18. The molecule has 12 heterocycles. The molecule has 3 spiro atoms. The van der Waals surface area contributed by atoms with Crippen LogP contribution in [0.15, 0.2) is 110 Å². The molecule has 9 aromatic heterocycles. The third kappa shape index (κ3) is 16.8. The predicted molar refractivity (Wildman–Crippen MR) is 446 cm³/mol. The number of nitrogens with one attached hydrogen (secondary N) is 3. The van der Waals surface area contributed by atoms with Crippen LogP contribution in [0.3, 0.4) is 0 Å². The Morgan fingerprint density at radius 1 is 0.325 bits per heavy atom. The number of hydrogen-bond donors (Lipinski definition) is 3. The zero-order valence-electron chi connectivity index (χ0n) is 69.0. The minimum absolute atomic E-state index is 0.0173. The molecule has 1 unspecified atom stereocenters. The van der Waals surface area contributed by atoms with Crippen molar-refractivity contribution in [2.45, 2.75) is 216 Å². The van der Waals surface area contributed by atoms with Crippen LogP contribution in [0.4, 0.5) is 61.6 Å². The fraction of sp³-hybridized carbons (Fsp3) is 0.467. The van der Waals surface area contributed by atoms with Gasteiger partial charge < -0.3 is 29.7 Å². The summed E-state index contributed by atoms with van der Waals surface area (Å²) < 4.78 is 95.5. The molecule has 0 amide bonds. The Balaban J connectivity index is 0.000000131. The average molecular weight is 1590 g/mol. The molecule has 0 radical (unpaired) electrons. The van der Waals surface area contributed by atoms with E-state index in [0.717, 1.165) is 77.1 Å². The number of anilines is 6. The van der Waals surface area contributed by atoms with Crippen molar-refractivity contribution < 1.29 is 26.3 Å². The summed E-state index contributed by atoms with van der Waals surface area (Å²) in [5.41, 5.74) is 9.19. The number of fused-ring (bicyclic) bond motifs is 3. The number of benzene rings is 3. The lowest BCUT2D eigenvalue weighted by molar-refractivity contribution is 0.120. The van der Waals surface area contributed by atoms with Crippen LogP contribution in [-0.4, -0.2) is 127 Å². The normalized spacial score (nSPS) is 17.7. The summed E-state index contributed by atoms with van der Waals surface area (Å²) in [6.45, 7) is 31.1. The summed E-state index contributed by atoms with van der Waals surface area (Å²) in [4.78, 5) is 60.2. The second-order valence-electron chi connectivity index (χ2n) is 34.2. The van der Waals surface area contributed by atoms with Gasteiger partial charge in [0.15, 0.2) is 34.9 Å². The zero-order chi connectivity index (χ0) is 81.9. The molecule has 3 aliphatic heterocycles. The third-order valence-corrected chi connectivity index (χ3v) is 25.5. The SMILES string of the molecule is CCC(c1ccc(Nc2ncc(F)c(-c3cc(F)c4nc(C)n(C(C)C)c4c3)n2)nc1)N1CCC2(CC1)CC2.CC[C@@H](c1ccc(Nc2ncc(F)c(-c3cc(F)c4nc(C)n(C(C)C)c4c3)n2)nc1)N1CCC2(CC1)CC2.CC[C@H](c1ccc(Nc2ncc(F)c(-c3cc(F)c4nc(C)n(C(C)C)c4c3)n2)nc1)N1CCC2(CC1)CC2. The largest absolute Gasteiger partial charge is 0.326 e. The maximum atomic E-state index is 15.0. The van der Waals surface area contributed by atoms with Gasteiger partial charge in [0.05, 0.1) is 35.1 Å².